The average Bonchev–Trinajstić information content (AvgIpc) is 0.765. The Morgan fingerprint density at radius 3 is 1.30 bits per heavy atom. The first kappa shape index (κ1) is 84.4. The van der Waals surface area contributed by atoms with E-state index in [-0.39, 0.29) is 0 Å². The minimum atomic E-state index is -2.31. The number of hydrogen-bond acceptors (Lipinski definition) is 42. The van der Waals surface area contributed by atoms with Crippen LogP contribution >= 0.6 is 0 Å². The number of carbonyl (C=O) groups is 2. The van der Waals surface area contributed by atoms with Crippen molar-refractivity contribution in [1.29, 1.82) is 0 Å². The number of carbonyl (C=O) groups excluding carboxylic acids is 2. The summed E-state index contributed by atoms with van der Waals surface area (Å²) in [5.41, 5.74) is 0. The topological polar surface area (TPSA) is 647 Å². The zero-order valence-electron chi connectivity index (χ0n) is 56.7. The summed E-state index contributed by atoms with van der Waals surface area (Å²) in [6.45, 7) is -1.54. The summed E-state index contributed by atoms with van der Waals surface area (Å²) in [6, 6.07) is -3.42. The summed E-state index contributed by atoms with van der Waals surface area (Å²) in [5.74, 6) is -1.65. The van der Waals surface area contributed by atoms with E-state index in [9.17, 15) is 112 Å². The number of hydrogen-bond donors (Lipinski definition) is 22. The van der Waals surface area contributed by atoms with Crippen LogP contribution in [0.3, 0.4) is 0 Å². The Hall–Kier alpha value is -2.66. The minimum absolute atomic E-state index is 0.503. The largest absolute Gasteiger partial charge is 0.394 e. The molecule has 0 unspecified atom stereocenters. The van der Waals surface area contributed by atoms with Crippen molar-refractivity contribution in [3.63, 3.8) is 0 Å². The standard InChI is InChI=1S/C59H100N2O42/c1-15-28(71)45(86-7)38(81)55(89-15)103-49-41(84-5)20(70)14-88-57(49)96-40-16(2)90-56(39(82)47(40)99-53-27(61-18(4)68)44(85-6)31(74)22(9-63)92-53)97-42-25(12-66)95-52(26(33(42)76)60-17(3)67)101-48-34(77)30(73)21(8-62)93-58(48)100-46-32(75)23(10-64)94-59(50(46)102-54-37(80)29(72)19(69)13-87-54)98-43-24(11-65)91-51(83)36(79)35(43)78/h15-16,19-59,62-66,69-83H,8-14H2,1-7H3,(H,60,67)(H,61,68)/t15-,16-,19+,20+,21+,22+,23+,24+,25+,26+,27+,28+,29-,30+,31-,32+,33+,34-,35+,36+,37+,38-,39-,40+,41-,42+,43+,44+,45+,46-,47-,48-,49+,50-,51+,52-,53+,54-,55-,56-,57-,58+,59-/m0/s1. The van der Waals surface area contributed by atoms with Crippen LogP contribution in [0, 0.1) is 0 Å². The Balaban J connectivity index is 1.03. The second-order valence-corrected chi connectivity index (χ2v) is 26.4. The van der Waals surface area contributed by atoms with Gasteiger partial charge in [-0.3, -0.25) is 9.59 Å². The molecule has 0 saturated carbocycles. The zero-order valence-corrected chi connectivity index (χ0v) is 56.7. The van der Waals surface area contributed by atoms with Crippen molar-refractivity contribution in [2.24, 2.45) is 0 Å². The van der Waals surface area contributed by atoms with Gasteiger partial charge in [-0.25, -0.2) is 0 Å². The molecule has 9 saturated heterocycles. The maximum absolute atomic E-state index is 13.2. The molecule has 9 fully saturated rings. The molecule has 0 aliphatic carbocycles. The molecule has 0 aromatic heterocycles. The molecule has 0 bridgehead atoms. The fraction of sp³-hybridized carbons (Fsp3) is 0.966. The quantitative estimate of drug-likeness (QED) is 0.0382. The average molecular weight is 1510 g/mol. The van der Waals surface area contributed by atoms with Gasteiger partial charge in [-0.15, -0.1) is 0 Å². The maximum atomic E-state index is 13.2. The summed E-state index contributed by atoms with van der Waals surface area (Å²) in [7, 11) is 3.60. The smallest absolute Gasteiger partial charge is 0.217 e. The van der Waals surface area contributed by atoms with E-state index in [1.165, 1.54) is 35.2 Å². The maximum Gasteiger partial charge on any atom is 0.217 e. The van der Waals surface area contributed by atoms with Gasteiger partial charge in [-0.2, -0.15) is 0 Å². The molecule has 0 aromatic rings. The van der Waals surface area contributed by atoms with Gasteiger partial charge in [0.1, 0.15) is 195 Å². The SMILES string of the molecule is CO[C@H]1[C@H](O)[C@H](O[C@H]2[C@H](O[C@H]3[C@@H](O[C@H]4O[C@H](CO)[C@H](O)[C@H](OC)[C@H]4NC(C)=O)[C@H](O)[C@H](O[C@H]4[C@H](O)[C@@H](NC(C)=O)[C@H](O[C@@H]5[C@@H](O[C@H]6[C@H](O)[C@@H](CO)O[C@@H](O[C@H]7[C@H](O)[C@@H](O)[C@H](O)O[C@@H]7CO)[C@H]6O[C@@H]6OC[C@@H](O)[C@H](O)[C@H]6O)O[C@H](CO)[C@@H](O)[C@@H]5O)O[C@@H]4CO)O[C@H]3C)OC[C@@H](O)[C@@H]2OC)O[C@@H](C)[C@H]1O. The third kappa shape index (κ3) is 18.2. The van der Waals surface area contributed by atoms with E-state index in [1.54, 1.807) is 0 Å². The number of aliphatic hydroxyl groups excluding tert-OH is 20. The van der Waals surface area contributed by atoms with Gasteiger partial charge in [0.2, 0.25) is 11.8 Å². The van der Waals surface area contributed by atoms with E-state index in [0.717, 1.165) is 13.8 Å². The summed E-state index contributed by atoms with van der Waals surface area (Å²) in [6.07, 6.45) is -76.0. The van der Waals surface area contributed by atoms with Gasteiger partial charge in [-0.05, 0) is 13.8 Å². The van der Waals surface area contributed by atoms with Gasteiger partial charge in [0.15, 0.2) is 56.6 Å². The van der Waals surface area contributed by atoms with Crippen LogP contribution in [-0.2, 0) is 104 Å². The van der Waals surface area contributed by atoms with E-state index in [4.69, 9.17) is 94.7 Å². The van der Waals surface area contributed by atoms with Crippen molar-refractivity contribution in [2.75, 3.05) is 67.6 Å². The lowest BCUT2D eigenvalue weighted by Gasteiger charge is -2.52. The highest BCUT2D eigenvalue weighted by Gasteiger charge is 2.61. The predicted octanol–water partition coefficient (Wildman–Crippen LogP) is -15.0. The second kappa shape index (κ2) is 36.9. The molecule has 2 amide bonds. The molecular formula is C59H100N2O42. The Bertz CT molecular complexity index is 2620. The van der Waals surface area contributed by atoms with Crippen LogP contribution in [0.1, 0.15) is 27.7 Å². The Morgan fingerprint density at radius 1 is 0.311 bits per heavy atom. The first-order valence-corrected chi connectivity index (χ1v) is 33.3. The lowest BCUT2D eigenvalue weighted by molar-refractivity contribution is -0.411. The third-order valence-corrected chi connectivity index (χ3v) is 19.4. The zero-order chi connectivity index (χ0) is 75.5. The predicted molar refractivity (Wildman–Crippen MR) is 320 cm³/mol. The van der Waals surface area contributed by atoms with Crippen LogP contribution in [0.5, 0.6) is 0 Å². The normalized spacial score (nSPS) is 50.8. The van der Waals surface area contributed by atoms with Crippen molar-refractivity contribution in [1.82, 2.24) is 10.6 Å². The Morgan fingerprint density at radius 2 is 0.709 bits per heavy atom. The number of aliphatic hydroxyl groups is 20. The first-order valence-electron chi connectivity index (χ1n) is 33.3. The molecular weight excluding hydrogens is 1410 g/mol. The lowest BCUT2D eigenvalue weighted by Crippen LogP contribution is -2.71. The third-order valence-electron chi connectivity index (χ3n) is 19.4. The Kier molecular flexibility index (Phi) is 30.2. The molecule has 9 aliphatic rings. The van der Waals surface area contributed by atoms with Gasteiger partial charge >= 0.3 is 0 Å². The van der Waals surface area contributed by atoms with Crippen molar-refractivity contribution in [2.45, 2.75) is 292 Å². The van der Waals surface area contributed by atoms with Gasteiger partial charge in [-0.1, -0.05) is 0 Å². The van der Waals surface area contributed by atoms with Crippen LogP contribution in [0.15, 0.2) is 0 Å². The molecule has 44 heteroatoms. The lowest BCUT2D eigenvalue weighted by atomic mass is 9.94. The van der Waals surface area contributed by atoms with Crippen molar-refractivity contribution >= 4 is 11.8 Å². The van der Waals surface area contributed by atoms with Crippen LogP contribution in [0.4, 0.5) is 0 Å². The molecule has 9 heterocycles. The molecule has 0 aromatic carbocycles. The molecule has 9 rings (SSSR count). The van der Waals surface area contributed by atoms with Crippen LogP contribution in [0.25, 0.3) is 0 Å². The molecule has 43 atom stereocenters. The van der Waals surface area contributed by atoms with E-state index in [0.29, 0.717) is 0 Å². The van der Waals surface area contributed by atoms with E-state index >= 15 is 0 Å². The number of rotatable bonds is 26. The van der Waals surface area contributed by atoms with Gasteiger partial charge in [0.05, 0.1) is 58.5 Å². The highest BCUT2D eigenvalue weighted by molar-refractivity contribution is 5.73. The molecule has 22 N–H and O–H groups in total. The van der Waals surface area contributed by atoms with E-state index < -0.39 is 322 Å². The molecule has 103 heavy (non-hydrogen) atoms. The highest BCUT2D eigenvalue weighted by atomic mass is 16.8. The number of methoxy groups -OCH3 is 3. The molecule has 0 spiro atoms. The second-order valence-electron chi connectivity index (χ2n) is 26.4. The number of ether oxygens (including phenoxy) is 20. The van der Waals surface area contributed by atoms with Crippen molar-refractivity contribution in [3.8, 4) is 0 Å². The number of nitrogens with one attached hydrogen (secondary N) is 2. The first-order chi connectivity index (χ1) is 48.9. The van der Waals surface area contributed by atoms with Crippen LogP contribution in [0.2, 0.25) is 0 Å². The monoisotopic (exact) mass is 1510 g/mol. The molecule has 44 nitrogen and oxygen atoms in total. The number of amides is 2. The van der Waals surface area contributed by atoms with E-state index in [1.807, 2.05) is 0 Å². The van der Waals surface area contributed by atoms with Crippen LogP contribution < -0.4 is 10.6 Å². The minimum Gasteiger partial charge on any atom is -0.394 e. The molecule has 598 valence electrons. The fourth-order valence-electron chi connectivity index (χ4n) is 13.9. The Labute approximate surface area is 586 Å². The van der Waals surface area contributed by atoms with Crippen LogP contribution in [-0.4, -0.2) is 446 Å². The summed E-state index contributed by atoms with van der Waals surface area (Å²) < 4.78 is 120. The van der Waals surface area contributed by atoms with Crippen molar-refractivity contribution in [3.05, 3.63) is 0 Å². The van der Waals surface area contributed by atoms with E-state index in [2.05, 4.69) is 10.6 Å². The highest BCUT2D eigenvalue weighted by Crippen LogP contribution is 2.41. The van der Waals surface area contributed by atoms with Gasteiger partial charge < -0.3 is 208 Å². The molecule has 9 aliphatic heterocycles. The fourth-order valence-corrected chi connectivity index (χ4v) is 13.9. The molecule has 0 radical (unpaired) electrons. The van der Waals surface area contributed by atoms with Gasteiger partial charge in [0, 0.05) is 35.2 Å². The summed E-state index contributed by atoms with van der Waals surface area (Å²) in [5, 5.41) is 227. The summed E-state index contributed by atoms with van der Waals surface area (Å²) >= 11 is 0. The van der Waals surface area contributed by atoms with Crippen molar-refractivity contribution < 1.29 is 206 Å². The summed E-state index contributed by atoms with van der Waals surface area (Å²) in [4.78, 5) is 26.1. The van der Waals surface area contributed by atoms with Gasteiger partial charge in [0.25, 0.3) is 0 Å².